The van der Waals surface area contributed by atoms with Crippen LogP contribution in [-0.2, 0) is 0 Å². The molecule has 0 unspecified atom stereocenters. The second kappa shape index (κ2) is 2.88. The van der Waals surface area contributed by atoms with Crippen molar-refractivity contribution < 1.29 is 9.13 Å². The highest BCUT2D eigenvalue weighted by Crippen LogP contribution is 2.19. The van der Waals surface area contributed by atoms with Crippen molar-refractivity contribution >= 4 is 5.69 Å². The Kier molecular flexibility index (Phi) is 1.93. The van der Waals surface area contributed by atoms with Crippen molar-refractivity contribution in [3.8, 4) is 12.0 Å². The lowest BCUT2D eigenvalue weighted by Crippen LogP contribution is -1.90. The molecule has 1 aromatic carbocycles. The quantitative estimate of drug-likeness (QED) is 0.487. The van der Waals surface area contributed by atoms with E-state index in [2.05, 4.69) is 4.74 Å². The van der Waals surface area contributed by atoms with Crippen molar-refractivity contribution in [3.05, 3.63) is 24.0 Å². The summed E-state index contributed by atoms with van der Waals surface area (Å²) in [5.41, 5.74) is 5.66. The molecule has 0 aliphatic heterocycles. The Morgan fingerprint density at radius 1 is 1.55 bits per heavy atom. The van der Waals surface area contributed by atoms with Crippen LogP contribution in [0.25, 0.3) is 0 Å². The van der Waals surface area contributed by atoms with Crippen molar-refractivity contribution in [2.45, 2.75) is 0 Å². The van der Waals surface area contributed by atoms with Crippen LogP contribution in [0, 0.1) is 17.3 Å². The van der Waals surface area contributed by atoms with Crippen LogP contribution in [0.2, 0.25) is 0 Å². The molecule has 2 N–H and O–H groups in total. The first-order chi connectivity index (χ1) is 5.24. The fraction of sp³-hybridized carbons (Fsp3) is 0. The zero-order valence-corrected chi connectivity index (χ0v) is 5.54. The van der Waals surface area contributed by atoms with Gasteiger partial charge in [0.15, 0.2) is 11.6 Å². The second-order valence-electron chi connectivity index (χ2n) is 1.88. The molecule has 11 heavy (non-hydrogen) atoms. The summed E-state index contributed by atoms with van der Waals surface area (Å²) in [6.45, 7) is 0. The van der Waals surface area contributed by atoms with Crippen molar-refractivity contribution in [2.75, 3.05) is 5.73 Å². The maximum atomic E-state index is 12.6. The highest BCUT2D eigenvalue weighted by molar-refractivity contribution is 5.44. The van der Waals surface area contributed by atoms with Crippen molar-refractivity contribution in [3.63, 3.8) is 0 Å². The van der Waals surface area contributed by atoms with Crippen molar-refractivity contribution in [2.24, 2.45) is 0 Å². The number of nitriles is 1. The maximum absolute atomic E-state index is 12.6. The molecule has 0 aliphatic carbocycles. The highest BCUT2D eigenvalue weighted by Gasteiger charge is 2.02. The van der Waals surface area contributed by atoms with Crippen LogP contribution >= 0.6 is 0 Å². The number of anilines is 1. The molecule has 0 fully saturated rings. The van der Waals surface area contributed by atoms with Crippen LogP contribution in [0.3, 0.4) is 0 Å². The van der Waals surface area contributed by atoms with Gasteiger partial charge in [-0.05, 0) is 12.1 Å². The van der Waals surface area contributed by atoms with Gasteiger partial charge in [-0.1, -0.05) is 0 Å². The Bertz CT molecular complexity index is 306. The third-order valence-electron chi connectivity index (χ3n) is 1.11. The monoisotopic (exact) mass is 152 g/mol. The molecule has 0 saturated carbocycles. The summed E-state index contributed by atoms with van der Waals surface area (Å²) < 4.78 is 16.9. The molecule has 0 heterocycles. The number of ether oxygens (including phenoxy) is 1. The standard InChI is InChI=1S/C7H5FN2O/c8-6-2-1-5(10)3-7(6)11-4-9/h1-3H,10H2. The lowest BCUT2D eigenvalue weighted by molar-refractivity contribution is 0.461. The Morgan fingerprint density at radius 2 is 2.27 bits per heavy atom. The second-order valence-corrected chi connectivity index (χ2v) is 1.88. The Balaban J connectivity index is 3.05. The molecule has 0 amide bonds. The molecular weight excluding hydrogens is 147 g/mol. The van der Waals surface area contributed by atoms with Gasteiger partial charge in [-0.2, -0.15) is 0 Å². The van der Waals surface area contributed by atoms with Gasteiger partial charge < -0.3 is 10.5 Å². The van der Waals surface area contributed by atoms with Gasteiger partial charge in [0.25, 0.3) is 6.26 Å². The molecule has 0 radical (unpaired) electrons. The molecule has 0 spiro atoms. The molecule has 1 aromatic rings. The predicted molar refractivity (Wildman–Crippen MR) is 37.1 cm³/mol. The molecule has 56 valence electrons. The summed E-state index contributed by atoms with van der Waals surface area (Å²) >= 11 is 0. The number of nitrogens with zero attached hydrogens (tertiary/aromatic N) is 1. The van der Waals surface area contributed by atoms with Gasteiger partial charge in [0.2, 0.25) is 0 Å². The lowest BCUT2D eigenvalue weighted by Gasteiger charge is -1.98. The fourth-order valence-corrected chi connectivity index (χ4v) is 0.647. The summed E-state index contributed by atoms with van der Waals surface area (Å²) in [6.07, 6.45) is 1.36. The fourth-order valence-electron chi connectivity index (χ4n) is 0.647. The number of rotatable bonds is 1. The normalized spacial score (nSPS) is 8.73. The number of benzene rings is 1. The number of halogens is 1. The van der Waals surface area contributed by atoms with E-state index in [0.29, 0.717) is 5.69 Å². The first-order valence-electron chi connectivity index (χ1n) is 2.85. The van der Waals surface area contributed by atoms with E-state index >= 15 is 0 Å². The minimum atomic E-state index is -0.597. The first-order valence-corrected chi connectivity index (χ1v) is 2.85. The Labute approximate surface area is 62.8 Å². The van der Waals surface area contributed by atoms with Crippen LogP contribution in [0.15, 0.2) is 18.2 Å². The molecule has 4 heteroatoms. The molecule has 0 saturated heterocycles. The zero-order valence-electron chi connectivity index (χ0n) is 5.54. The van der Waals surface area contributed by atoms with Gasteiger partial charge in [-0.25, -0.2) is 4.39 Å². The summed E-state index contributed by atoms with van der Waals surface area (Å²) in [5.74, 6) is -0.742. The van der Waals surface area contributed by atoms with E-state index in [0.717, 1.165) is 6.07 Å². The Morgan fingerprint density at radius 3 is 2.91 bits per heavy atom. The summed E-state index contributed by atoms with van der Waals surface area (Å²) in [5, 5.41) is 8.06. The molecular formula is C7H5FN2O. The average Bonchev–Trinajstić information content (AvgIpc) is 1.98. The van der Waals surface area contributed by atoms with Gasteiger partial charge in [0, 0.05) is 11.8 Å². The topological polar surface area (TPSA) is 59.0 Å². The zero-order chi connectivity index (χ0) is 8.27. The first kappa shape index (κ1) is 7.35. The van der Waals surface area contributed by atoms with E-state index < -0.39 is 5.82 Å². The SMILES string of the molecule is N#COc1cc(N)ccc1F. The smallest absolute Gasteiger partial charge is 0.292 e. The number of nitrogens with two attached hydrogens (primary N) is 1. The van der Waals surface area contributed by atoms with E-state index in [1.807, 2.05) is 0 Å². The van der Waals surface area contributed by atoms with Gasteiger partial charge >= 0.3 is 0 Å². The Hall–Kier alpha value is -1.76. The van der Waals surface area contributed by atoms with Crippen LogP contribution in [0.1, 0.15) is 0 Å². The number of nitrogen functional groups attached to an aromatic ring is 1. The average molecular weight is 152 g/mol. The van der Waals surface area contributed by atoms with E-state index in [1.165, 1.54) is 18.4 Å². The molecule has 0 bridgehead atoms. The highest BCUT2D eigenvalue weighted by atomic mass is 19.1. The largest absolute Gasteiger partial charge is 0.399 e. The predicted octanol–water partition coefficient (Wildman–Crippen LogP) is 1.27. The number of hydrogen-bond acceptors (Lipinski definition) is 3. The van der Waals surface area contributed by atoms with Crippen molar-refractivity contribution in [1.82, 2.24) is 0 Å². The van der Waals surface area contributed by atoms with Gasteiger partial charge in [-0.15, -0.1) is 5.26 Å². The molecule has 0 atom stereocenters. The van der Waals surface area contributed by atoms with Crippen LogP contribution in [-0.4, -0.2) is 0 Å². The summed E-state index contributed by atoms with van der Waals surface area (Å²) in [4.78, 5) is 0. The minimum Gasteiger partial charge on any atom is -0.399 e. The van der Waals surface area contributed by atoms with E-state index in [4.69, 9.17) is 11.0 Å². The van der Waals surface area contributed by atoms with Gasteiger partial charge in [0.05, 0.1) is 0 Å². The van der Waals surface area contributed by atoms with Crippen LogP contribution < -0.4 is 10.5 Å². The van der Waals surface area contributed by atoms with Crippen molar-refractivity contribution in [1.29, 1.82) is 5.26 Å². The maximum Gasteiger partial charge on any atom is 0.292 e. The lowest BCUT2D eigenvalue weighted by atomic mass is 10.3. The van der Waals surface area contributed by atoms with Crippen LogP contribution in [0.4, 0.5) is 10.1 Å². The van der Waals surface area contributed by atoms with Gasteiger partial charge in [0.1, 0.15) is 0 Å². The third kappa shape index (κ3) is 1.58. The van der Waals surface area contributed by atoms with Gasteiger partial charge in [-0.3, -0.25) is 0 Å². The third-order valence-corrected chi connectivity index (χ3v) is 1.11. The van der Waals surface area contributed by atoms with E-state index in [-0.39, 0.29) is 5.75 Å². The molecule has 1 rings (SSSR count). The molecule has 3 nitrogen and oxygen atoms in total. The molecule has 0 aliphatic rings. The summed E-state index contributed by atoms with van der Waals surface area (Å²) in [7, 11) is 0. The van der Waals surface area contributed by atoms with Crippen LogP contribution in [0.5, 0.6) is 5.75 Å². The number of hydrogen-bond donors (Lipinski definition) is 1. The summed E-state index contributed by atoms with van der Waals surface area (Å²) in [6, 6.07) is 3.78. The van der Waals surface area contributed by atoms with E-state index in [9.17, 15) is 4.39 Å². The van der Waals surface area contributed by atoms with E-state index in [1.54, 1.807) is 0 Å². The minimum absolute atomic E-state index is 0.146. The molecule has 0 aromatic heterocycles.